The van der Waals surface area contributed by atoms with Crippen LogP contribution >= 0.6 is 22.6 Å². The molecule has 0 atom stereocenters. The van der Waals surface area contributed by atoms with Crippen molar-refractivity contribution in [3.05, 3.63) is 79.7 Å². The second-order valence-electron chi connectivity index (χ2n) is 10.1. The number of nitrogens with one attached hydrogen (secondary N) is 1. The Morgan fingerprint density at radius 2 is 1.60 bits per heavy atom. The number of likely N-dealkylation sites (N-methyl/N-ethyl adjacent to an activating group) is 1. The van der Waals surface area contributed by atoms with Crippen molar-refractivity contribution in [3.63, 3.8) is 0 Å². The van der Waals surface area contributed by atoms with Crippen LogP contribution in [0, 0.1) is 10.5 Å². The number of rotatable bonds is 6. The van der Waals surface area contributed by atoms with Crippen molar-refractivity contribution >= 4 is 40.1 Å². The average Bonchev–Trinajstić information content (AvgIpc) is 2.96. The minimum atomic E-state index is -0.395. The van der Waals surface area contributed by atoms with E-state index in [0.29, 0.717) is 24.3 Å². The molecule has 0 saturated carbocycles. The van der Waals surface area contributed by atoms with Gasteiger partial charge in [0.2, 0.25) is 0 Å². The molecule has 0 spiro atoms. The Bertz CT molecular complexity index is 1300. The lowest BCUT2D eigenvalue weighted by Crippen LogP contribution is -2.39. The number of ether oxygens (including phenoxy) is 2. The number of halogens is 1. The monoisotopic (exact) mass is 656 g/mol. The van der Waals surface area contributed by atoms with Gasteiger partial charge in [-0.15, -0.1) is 0 Å². The van der Waals surface area contributed by atoms with Crippen LogP contribution in [0.2, 0.25) is 0 Å². The van der Waals surface area contributed by atoms with E-state index in [4.69, 9.17) is 9.47 Å². The normalized spacial score (nSPS) is 17.1. The van der Waals surface area contributed by atoms with Crippen molar-refractivity contribution in [1.82, 2.24) is 10.2 Å². The summed E-state index contributed by atoms with van der Waals surface area (Å²) in [6, 6.07) is 14.1. The Morgan fingerprint density at radius 3 is 2.08 bits per heavy atom. The van der Waals surface area contributed by atoms with E-state index < -0.39 is 5.92 Å². The highest BCUT2D eigenvalue weighted by molar-refractivity contribution is 14.1. The highest BCUT2D eigenvalue weighted by atomic mass is 127. The molecule has 212 valence electrons. The van der Waals surface area contributed by atoms with Crippen molar-refractivity contribution in [2.75, 3.05) is 27.3 Å². The SMILES string of the molecule is CCN1C2=C(C(=O)CCC2)C(c2cc(I)c(OCC(=O)NC)c(OC)c2)C2=C1CCCC2=O.Cc1ccccc1. The number of hydrogen-bond acceptors (Lipinski definition) is 6. The van der Waals surface area contributed by atoms with Crippen molar-refractivity contribution in [2.24, 2.45) is 0 Å². The van der Waals surface area contributed by atoms with Gasteiger partial charge in [0.25, 0.3) is 5.91 Å². The Labute approximate surface area is 250 Å². The maximum absolute atomic E-state index is 13.3. The summed E-state index contributed by atoms with van der Waals surface area (Å²) in [7, 11) is 3.10. The summed E-state index contributed by atoms with van der Waals surface area (Å²) >= 11 is 2.16. The van der Waals surface area contributed by atoms with Crippen LogP contribution in [0.4, 0.5) is 0 Å². The van der Waals surface area contributed by atoms with Crippen molar-refractivity contribution in [2.45, 2.75) is 58.3 Å². The van der Waals surface area contributed by atoms with Gasteiger partial charge in [-0.05, 0) is 79.8 Å². The smallest absolute Gasteiger partial charge is 0.257 e. The van der Waals surface area contributed by atoms with Gasteiger partial charge in [-0.1, -0.05) is 35.9 Å². The second kappa shape index (κ2) is 13.5. The van der Waals surface area contributed by atoms with Crippen LogP contribution < -0.4 is 14.8 Å². The third-order valence-electron chi connectivity index (χ3n) is 7.55. The predicted octanol–water partition coefficient (Wildman–Crippen LogP) is 5.85. The minimum absolute atomic E-state index is 0.124. The topological polar surface area (TPSA) is 84.9 Å². The predicted molar refractivity (Wildman–Crippen MR) is 163 cm³/mol. The van der Waals surface area contributed by atoms with E-state index in [1.807, 2.05) is 30.3 Å². The summed E-state index contributed by atoms with van der Waals surface area (Å²) in [4.78, 5) is 40.4. The molecule has 0 radical (unpaired) electrons. The molecule has 2 aromatic carbocycles. The molecule has 2 aromatic rings. The second-order valence-corrected chi connectivity index (χ2v) is 11.3. The first-order valence-corrected chi connectivity index (χ1v) is 14.9. The van der Waals surface area contributed by atoms with E-state index in [1.54, 1.807) is 14.2 Å². The number of amides is 1. The maximum atomic E-state index is 13.3. The number of Topliss-reactive ketones (excluding diaryl/α,β-unsaturated/α-hetero) is 2. The Morgan fingerprint density at radius 1 is 1.00 bits per heavy atom. The van der Waals surface area contributed by atoms with Gasteiger partial charge in [-0.2, -0.15) is 0 Å². The number of aryl methyl sites for hydroxylation is 1. The summed E-state index contributed by atoms with van der Waals surface area (Å²) < 4.78 is 12.1. The fourth-order valence-electron chi connectivity index (χ4n) is 5.72. The van der Waals surface area contributed by atoms with Gasteiger partial charge in [0, 0.05) is 54.9 Å². The van der Waals surface area contributed by atoms with E-state index in [-0.39, 0.29) is 24.1 Å². The van der Waals surface area contributed by atoms with E-state index in [1.165, 1.54) is 5.56 Å². The van der Waals surface area contributed by atoms with E-state index in [2.05, 4.69) is 58.8 Å². The molecule has 0 saturated heterocycles. The lowest BCUT2D eigenvalue weighted by molar-refractivity contribution is -0.122. The fourth-order valence-corrected chi connectivity index (χ4v) is 6.50. The largest absolute Gasteiger partial charge is 0.493 e. The van der Waals surface area contributed by atoms with Gasteiger partial charge < -0.3 is 19.7 Å². The Balaban J connectivity index is 0.000000461. The highest BCUT2D eigenvalue weighted by Gasteiger charge is 2.43. The van der Waals surface area contributed by atoms with Gasteiger partial charge >= 0.3 is 0 Å². The van der Waals surface area contributed by atoms with E-state index in [9.17, 15) is 14.4 Å². The first-order valence-electron chi connectivity index (χ1n) is 13.8. The molecule has 0 fully saturated rings. The molecule has 1 heterocycles. The molecule has 8 heteroatoms. The lowest BCUT2D eigenvalue weighted by atomic mass is 9.71. The number of carbonyl (C=O) groups is 3. The van der Waals surface area contributed by atoms with Crippen LogP contribution in [0.1, 0.15) is 62.5 Å². The van der Waals surface area contributed by atoms with Gasteiger partial charge in [0.15, 0.2) is 29.7 Å². The standard InChI is InChI=1S/C25H29IN2O5.C7H8/c1-4-28-16-7-5-9-18(29)23(16)22(24-17(28)8-6-10-19(24)30)14-11-15(26)25(20(12-14)32-3)33-13-21(31)27-2;1-7-5-3-2-4-6-7/h11-12,22H,4-10,13H2,1-3H3,(H,27,31);2-6H,1H3. The van der Waals surface area contributed by atoms with Gasteiger partial charge in [-0.25, -0.2) is 0 Å². The van der Waals surface area contributed by atoms with Gasteiger partial charge in [0.05, 0.1) is 10.7 Å². The van der Waals surface area contributed by atoms with Crippen LogP contribution in [-0.4, -0.2) is 49.7 Å². The zero-order valence-corrected chi connectivity index (χ0v) is 25.8. The molecule has 0 bridgehead atoms. The van der Waals surface area contributed by atoms with E-state index in [0.717, 1.165) is 63.9 Å². The molecule has 0 aromatic heterocycles. The molecule has 1 N–H and O–H groups in total. The molecule has 1 amide bonds. The molecular weight excluding hydrogens is 619 g/mol. The quantitative estimate of drug-likeness (QED) is 0.393. The number of nitrogens with zero attached hydrogens (tertiary/aromatic N) is 1. The van der Waals surface area contributed by atoms with Gasteiger partial charge in [0.1, 0.15) is 0 Å². The van der Waals surface area contributed by atoms with Crippen LogP contribution in [0.5, 0.6) is 11.5 Å². The number of hydrogen-bond donors (Lipinski definition) is 1. The summed E-state index contributed by atoms with van der Waals surface area (Å²) in [5.74, 6) is 0.569. The number of allylic oxidation sites excluding steroid dienone is 4. The summed E-state index contributed by atoms with van der Waals surface area (Å²) in [5, 5.41) is 2.54. The van der Waals surface area contributed by atoms with Crippen LogP contribution in [0.15, 0.2) is 65.0 Å². The van der Waals surface area contributed by atoms with E-state index >= 15 is 0 Å². The molecular formula is C32H37IN2O5. The number of methoxy groups -OCH3 is 1. The number of ketones is 2. The Kier molecular flexibility index (Phi) is 10.1. The van der Waals surface area contributed by atoms with Crippen LogP contribution in [0.25, 0.3) is 0 Å². The Hall–Kier alpha value is -3.14. The molecule has 1 aliphatic heterocycles. The molecule has 40 heavy (non-hydrogen) atoms. The number of benzene rings is 2. The summed E-state index contributed by atoms with van der Waals surface area (Å²) in [5.41, 5.74) is 5.83. The highest BCUT2D eigenvalue weighted by Crippen LogP contribution is 2.50. The maximum Gasteiger partial charge on any atom is 0.257 e. The molecule has 0 unspecified atom stereocenters. The number of carbonyl (C=O) groups excluding carboxylic acids is 3. The minimum Gasteiger partial charge on any atom is -0.493 e. The molecule has 3 aliphatic rings. The third-order valence-corrected chi connectivity index (χ3v) is 8.36. The first-order chi connectivity index (χ1) is 19.3. The van der Waals surface area contributed by atoms with Crippen LogP contribution in [-0.2, 0) is 14.4 Å². The molecule has 2 aliphatic carbocycles. The lowest BCUT2D eigenvalue weighted by Gasteiger charge is -2.43. The van der Waals surface area contributed by atoms with Crippen molar-refractivity contribution < 1.29 is 23.9 Å². The molecule has 5 rings (SSSR count). The molecule has 7 nitrogen and oxygen atoms in total. The zero-order valence-electron chi connectivity index (χ0n) is 23.6. The summed E-state index contributed by atoms with van der Waals surface area (Å²) in [6.07, 6.45) is 4.38. The third kappa shape index (κ3) is 6.27. The average molecular weight is 657 g/mol. The van der Waals surface area contributed by atoms with Crippen molar-refractivity contribution in [1.29, 1.82) is 0 Å². The summed E-state index contributed by atoms with van der Waals surface area (Å²) in [6.45, 7) is 4.79. The first kappa shape index (κ1) is 29.8. The zero-order chi connectivity index (χ0) is 28.8. The van der Waals surface area contributed by atoms with Crippen LogP contribution in [0.3, 0.4) is 0 Å². The van der Waals surface area contributed by atoms with Crippen molar-refractivity contribution in [3.8, 4) is 11.5 Å². The fraction of sp³-hybridized carbons (Fsp3) is 0.406. The van der Waals surface area contributed by atoms with Gasteiger partial charge in [-0.3, -0.25) is 14.4 Å².